The van der Waals surface area contributed by atoms with E-state index >= 15 is 0 Å². The van der Waals surface area contributed by atoms with Crippen LogP contribution >= 0.6 is 0 Å². The van der Waals surface area contributed by atoms with Crippen molar-refractivity contribution in [3.8, 4) is 5.75 Å². The summed E-state index contributed by atoms with van der Waals surface area (Å²) in [6.45, 7) is 3.21. The van der Waals surface area contributed by atoms with Gasteiger partial charge in [-0.2, -0.15) is 0 Å². The van der Waals surface area contributed by atoms with Gasteiger partial charge >= 0.3 is 5.97 Å². The minimum Gasteiger partial charge on any atom is -0.492 e. The second-order valence-electron chi connectivity index (χ2n) is 3.62. The van der Waals surface area contributed by atoms with Crippen molar-refractivity contribution in [3.63, 3.8) is 0 Å². The number of hydrogen-bond acceptors (Lipinski definition) is 4. The van der Waals surface area contributed by atoms with Gasteiger partial charge in [-0.3, -0.25) is 0 Å². The second-order valence-corrected chi connectivity index (χ2v) is 3.62. The van der Waals surface area contributed by atoms with E-state index in [1.54, 1.807) is 13.8 Å². The third-order valence-electron chi connectivity index (χ3n) is 1.97. The first-order valence-electron chi connectivity index (χ1n) is 4.91. The summed E-state index contributed by atoms with van der Waals surface area (Å²) in [6.07, 6.45) is -0.433. The number of esters is 1. The number of halogens is 2. The molecule has 0 saturated carbocycles. The number of ether oxygens (including phenoxy) is 2. The van der Waals surface area contributed by atoms with Gasteiger partial charge in [0.15, 0.2) is 11.6 Å². The first kappa shape index (κ1) is 13.2. The molecule has 0 aliphatic carbocycles. The van der Waals surface area contributed by atoms with Gasteiger partial charge in [-0.1, -0.05) is 0 Å². The Morgan fingerprint density at radius 3 is 2.41 bits per heavy atom. The largest absolute Gasteiger partial charge is 0.492 e. The molecular formula is C11H13F2NO3. The maximum atomic E-state index is 13.5. The molecule has 0 aliphatic heterocycles. The van der Waals surface area contributed by atoms with E-state index < -0.39 is 35.0 Å². The standard InChI is InChI=1S/C11H13F2NO3/c1-5(2)17-11(15)8-6(12)4-7(13)10(16-3)9(8)14/h4-5H,14H2,1-3H3. The van der Waals surface area contributed by atoms with E-state index in [0.29, 0.717) is 6.07 Å². The molecular weight excluding hydrogens is 232 g/mol. The molecule has 0 amide bonds. The molecule has 4 nitrogen and oxygen atoms in total. The molecule has 1 rings (SSSR count). The van der Waals surface area contributed by atoms with Gasteiger partial charge in [0.1, 0.15) is 11.4 Å². The Labute approximate surface area is 97.3 Å². The topological polar surface area (TPSA) is 61.5 Å². The molecule has 0 aromatic heterocycles. The van der Waals surface area contributed by atoms with Crippen molar-refractivity contribution >= 4 is 11.7 Å². The Kier molecular flexibility index (Phi) is 3.88. The maximum absolute atomic E-state index is 13.5. The van der Waals surface area contributed by atoms with Gasteiger partial charge in [-0.15, -0.1) is 0 Å². The van der Waals surface area contributed by atoms with E-state index in [-0.39, 0.29) is 5.75 Å². The minimum absolute atomic E-state index is 0.373. The number of nitrogens with two attached hydrogens (primary N) is 1. The highest BCUT2D eigenvalue weighted by atomic mass is 19.1. The summed E-state index contributed by atoms with van der Waals surface area (Å²) < 4.78 is 36.1. The van der Waals surface area contributed by atoms with Crippen molar-refractivity contribution in [2.45, 2.75) is 20.0 Å². The molecule has 0 radical (unpaired) electrons. The molecule has 6 heteroatoms. The van der Waals surface area contributed by atoms with Gasteiger partial charge < -0.3 is 15.2 Å². The minimum atomic E-state index is -1.08. The summed E-state index contributed by atoms with van der Waals surface area (Å²) in [5, 5.41) is 0. The Morgan fingerprint density at radius 1 is 1.35 bits per heavy atom. The highest BCUT2D eigenvalue weighted by Gasteiger charge is 2.24. The Morgan fingerprint density at radius 2 is 1.94 bits per heavy atom. The molecule has 0 spiro atoms. The summed E-state index contributed by atoms with van der Waals surface area (Å²) in [5.74, 6) is -3.37. The van der Waals surface area contributed by atoms with Gasteiger partial charge in [0.05, 0.1) is 18.9 Å². The molecule has 0 aliphatic rings. The first-order chi connectivity index (χ1) is 7.88. The molecule has 2 N–H and O–H groups in total. The lowest BCUT2D eigenvalue weighted by atomic mass is 10.1. The van der Waals surface area contributed by atoms with Crippen LogP contribution in [0.5, 0.6) is 5.75 Å². The number of nitrogen functional groups attached to an aromatic ring is 1. The van der Waals surface area contributed by atoms with Crippen molar-refractivity contribution in [1.29, 1.82) is 0 Å². The smallest absolute Gasteiger partial charge is 0.343 e. The molecule has 0 saturated heterocycles. The fraction of sp³-hybridized carbons (Fsp3) is 0.364. The Balaban J connectivity index is 3.28. The average molecular weight is 245 g/mol. The third kappa shape index (κ3) is 2.64. The second kappa shape index (κ2) is 4.99. The molecule has 0 atom stereocenters. The van der Waals surface area contributed by atoms with Crippen LogP contribution in [0.3, 0.4) is 0 Å². The van der Waals surface area contributed by atoms with E-state index in [1.807, 2.05) is 0 Å². The highest BCUT2D eigenvalue weighted by Crippen LogP contribution is 2.31. The predicted molar refractivity (Wildman–Crippen MR) is 57.9 cm³/mol. The summed E-state index contributed by atoms with van der Waals surface area (Å²) >= 11 is 0. The molecule has 0 bridgehead atoms. The zero-order valence-corrected chi connectivity index (χ0v) is 9.71. The van der Waals surface area contributed by atoms with Gasteiger partial charge in [-0.05, 0) is 13.8 Å². The molecule has 0 fully saturated rings. The molecule has 94 valence electrons. The normalized spacial score (nSPS) is 10.5. The van der Waals surface area contributed by atoms with Crippen molar-refractivity contribution < 1.29 is 23.0 Å². The van der Waals surface area contributed by atoms with Crippen LogP contribution in [0.2, 0.25) is 0 Å². The van der Waals surface area contributed by atoms with Crippen LogP contribution in [-0.4, -0.2) is 19.2 Å². The molecule has 0 unspecified atom stereocenters. The first-order valence-corrected chi connectivity index (χ1v) is 4.91. The zero-order valence-electron chi connectivity index (χ0n) is 9.71. The van der Waals surface area contributed by atoms with Crippen LogP contribution in [0.1, 0.15) is 24.2 Å². The fourth-order valence-electron chi connectivity index (χ4n) is 1.31. The lowest BCUT2D eigenvalue weighted by molar-refractivity contribution is 0.0373. The number of anilines is 1. The van der Waals surface area contributed by atoms with Crippen LogP contribution in [0.25, 0.3) is 0 Å². The van der Waals surface area contributed by atoms with Crippen LogP contribution in [0.4, 0.5) is 14.5 Å². The van der Waals surface area contributed by atoms with Crippen LogP contribution in [-0.2, 0) is 4.74 Å². The van der Waals surface area contributed by atoms with E-state index in [0.717, 1.165) is 0 Å². The van der Waals surface area contributed by atoms with Crippen molar-refractivity contribution in [3.05, 3.63) is 23.3 Å². The van der Waals surface area contributed by atoms with Gasteiger partial charge in [-0.25, -0.2) is 13.6 Å². The third-order valence-corrected chi connectivity index (χ3v) is 1.97. The number of carbonyl (C=O) groups is 1. The number of carbonyl (C=O) groups excluding carboxylic acids is 1. The summed E-state index contributed by atoms with van der Waals surface area (Å²) in [5.41, 5.74) is 4.54. The SMILES string of the molecule is COc1c(F)cc(F)c(C(=O)OC(C)C)c1N. The zero-order chi connectivity index (χ0) is 13.2. The summed E-state index contributed by atoms with van der Waals surface area (Å²) in [7, 11) is 1.17. The summed E-state index contributed by atoms with van der Waals surface area (Å²) in [6, 6.07) is 0.534. The number of rotatable bonds is 3. The molecule has 1 aromatic rings. The fourth-order valence-corrected chi connectivity index (χ4v) is 1.31. The molecule has 0 heterocycles. The van der Waals surface area contributed by atoms with Crippen LogP contribution in [0, 0.1) is 11.6 Å². The number of benzene rings is 1. The highest BCUT2D eigenvalue weighted by molar-refractivity contribution is 5.97. The Bertz CT molecular complexity index is 447. The van der Waals surface area contributed by atoms with E-state index in [9.17, 15) is 13.6 Å². The lowest BCUT2D eigenvalue weighted by Gasteiger charge is -2.13. The predicted octanol–water partition coefficient (Wildman–Crippen LogP) is 2.12. The number of hydrogen-bond donors (Lipinski definition) is 1. The van der Waals surface area contributed by atoms with E-state index in [4.69, 9.17) is 10.5 Å². The lowest BCUT2D eigenvalue weighted by Crippen LogP contribution is -2.16. The van der Waals surface area contributed by atoms with Crippen molar-refractivity contribution in [2.24, 2.45) is 0 Å². The quantitative estimate of drug-likeness (QED) is 0.654. The van der Waals surface area contributed by atoms with E-state index in [1.165, 1.54) is 7.11 Å². The molecule has 17 heavy (non-hydrogen) atoms. The van der Waals surface area contributed by atoms with Crippen molar-refractivity contribution in [2.75, 3.05) is 12.8 Å². The van der Waals surface area contributed by atoms with E-state index in [2.05, 4.69) is 4.74 Å². The van der Waals surface area contributed by atoms with Crippen LogP contribution < -0.4 is 10.5 Å². The van der Waals surface area contributed by atoms with Gasteiger partial charge in [0, 0.05) is 6.07 Å². The summed E-state index contributed by atoms with van der Waals surface area (Å²) in [4.78, 5) is 11.6. The average Bonchev–Trinajstić information content (AvgIpc) is 2.15. The number of methoxy groups -OCH3 is 1. The van der Waals surface area contributed by atoms with Gasteiger partial charge in [0.25, 0.3) is 0 Å². The molecule has 1 aromatic carbocycles. The monoisotopic (exact) mass is 245 g/mol. The van der Waals surface area contributed by atoms with Crippen molar-refractivity contribution in [1.82, 2.24) is 0 Å². The Hall–Kier alpha value is -1.85. The van der Waals surface area contributed by atoms with Gasteiger partial charge in [0.2, 0.25) is 0 Å². The maximum Gasteiger partial charge on any atom is 0.343 e. The van der Waals surface area contributed by atoms with Crippen LogP contribution in [0.15, 0.2) is 6.07 Å².